The molecule has 82 valence electrons. The normalized spacial score (nSPS) is 20.3. The molecule has 0 atom stereocenters. The molecule has 5 heteroatoms. The fourth-order valence-electron chi connectivity index (χ4n) is 1.31. The minimum Gasteiger partial charge on any atom is -0.388 e. The molecule has 0 radical (unpaired) electrons. The number of aliphatic imine (C=N–C) groups is 1. The number of aliphatic hydroxyl groups is 1. The molecule has 1 saturated carbocycles. The van der Waals surface area contributed by atoms with E-state index in [1.54, 1.807) is 7.11 Å². The van der Waals surface area contributed by atoms with Crippen molar-refractivity contribution in [2.24, 2.45) is 10.7 Å². The molecule has 0 aromatic carbocycles. The predicted molar refractivity (Wildman–Crippen MR) is 55.2 cm³/mol. The standard InChI is InChI=1S/C9H19N3O2/c1-14-6-5-11-8(10)12-7-9(13)3-2-4-9/h13H,2-7H2,1H3,(H3,10,11,12). The van der Waals surface area contributed by atoms with E-state index in [1.165, 1.54) is 0 Å². The highest BCUT2D eigenvalue weighted by Gasteiger charge is 2.33. The number of methoxy groups -OCH3 is 1. The van der Waals surface area contributed by atoms with Crippen LogP contribution in [-0.4, -0.2) is 43.5 Å². The van der Waals surface area contributed by atoms with Crippen LogP contribution >= 0.6 is 0 Å². The van der Waals surface area contributed by atoms with Crippen LogP contribution in [0.25, 0.3) is 0 Å². The average molecular weight is 201 g/mol. The Bertz CT molecular complexity index is 202. The molecule has 0 aromatic heterocycles. The lowest BCUT2D eigenvalue weighted by atomic mass is 9.80. The molecule has 0 heterocycles. The number of hydrogen-bond acceptors (Lipinski definition) is 3. The second-order valence-electron chi connectivity index (χ2n) is 3.70. The summed E-state index contributed by atoms with van der Waals surface area (Å²) in [6.45, 7) is 1.64. The summed E-state index contributed by atoms with van der Waals surface area (Å²) in [4.78, 5) is 4.07. The van der Waals surface area contributed by atoms with Crippen LogP contribution in [0.15, 0.2) is 4.99 Å². The maximum Gasteiger partial charge on any atom is 0.188 e. The summed E-state index contributed by atoms with van der Waals surface area (Å²) in [5, 5.41) is 12.6. The predicted octanol–water partition coefficient (Wildman–Crippen LogP) is -0.548. The van der Waals surface area contributed by atoms with Crippen molar-refractivity contribution in [2.75, 3.05) is 26.8 Å². The van der Waals surface area contributed by atoms with Gasteiger partial charge >= 0.3 is 0 Å². The molecular formula is C9H19N3O2. The molecule has 14 heavy (non-hydrogen) atoms. The van der Waals surface area contributed by atoms with Crippen LogP contribution in [0.4, 0.5) is 0 Å². The monoisotopic (exact) mass is 201 g/mol. The number of nitrogens with zero attached hydrogens (tertiary/aromatic N) is 1. The Hall–Kier alpha value is -0.810. The van der Waals surface area contributed by atoms with Crippen molar-refractivity contribution in [1.82, 2.24) is 5.32 Å². The quantitative estimate of drug-likeness (QED) is 0.317. The van der Waals surface area contributed by atoms with E-state index in [4.69, 9.17) is 10.5 Å². The van der Waals surface area contributed by atoms with Crippen LogP contribution in [0.3, 0.4) is 0 Å². The van der Waals surface area contributed by atoms with Gasteiger partial charge < -0.3 is 20.9 Å². The third-order valence-corrected chi connectivity index (χ3v) is 2.44. The Morgan fingerprint density at radius 2 is 2.36 bits per heavy atom. The number of nitrogens with one attached hydrogen (secondary N) is 1. The fraction of sp³-hybridized carbons (Fsp3) is 0.889. The Morgan fingerprint density at radius 3 is 2.86 bits per heavy atom. The van der Waals surface area contributed by atoms with Crippen LogP contribution in [0.1, 0.15) is 19.3 Å². The van der Waals surface area contributed by atoms with Crippen molar-refractivity contribution < 1.29 is 9.84 Å². The molecule has 0 aliphatic heterocycles. The van der Waals surface area contributed by atoms with Crippen LogP contribution in [0.5, 0.6) is 0 Å². The van der Waals surface area contributed by atoms with Gasteiger partial charge in [-0.15, -0.1) is 0 Å². The van der Waals surface area contributed by atoms with Crippen molar-refractivity contribution in [2.45, 2.75) is 24.9 Å². The van der Waals surface area contributed by atoms with Gasteiger partial charge in [0, 0.05) is 13.7 Å². The molecule has 1 aliphatic carbocycles. The van der Waals surface area contributed by atoms with Gasteiger partial charge in [0.2, 0.25) is 0 Å². The maximum atomic E-state index is 9.72. The summed E-state index contributed by atoms with van der Waals surface area (Å²) in [7, 11) is 1.63. The van der Waals surface area contributed by atoms with Gasteiger partial charge in [-0.2, -0.15) is 0 Å². The zero-order valence-electron chi connectivity index (χ0n) is 8.62. The van der Waals surface area contributed by atoms with E-state index in [0.29, 0.717) is 25.7 Å². The van der Waals surface area contributed by atoms with Crippen molar-refractivity contribution in [1.29, 1.82) is 0 Å². The molecule has 1 fully saturated rings. The van der Waals surface area contributed by atoms with E-state index < -0.39 is 5.60 Å². The first-order chi connectivity index (χ1) is 6.66. The van der Waals surface area contributed by atoms with E-state index >= 15 is 0 Å². The topological polar surface area (TPSA) is 79.9 Å². The Balaban J connectivity index is 2.15. The Kier molecular flexibility index (Phi) is 4.16. The lowest BCUT2D eigenvalue weighted by Gasteiger charge is -2.34. The lowest BCUT2D eigenvalue weighted by Crippen LogP contribution is -2.42. The summed E-state index contributed by atoms with van der Waals surface area (Å²) in [5.74, 6) is 0.377. The van der Waals surface area contributed by atoms with Crippen molar-refractivity contribution in [3.63, 3.8) is 0 Å². The van der Waals surface area contributed by atoms with E-state index in [-0.39, 0.29) is 0 Å². The highest BCUT2D eigenvalue weighted by Crippen LogP contribution is 2.31. The lowest BCUT2D eigenvalue weighted by molar-refractivity contribution is -0.0235. The van der Waals surface area contributed by atoms with Gasteiger partial charge in [-0.1, -0.05) is 0 Å². The molecule has 0 amide bonds. The first kappa shape index (κ1) is 11.3. The van der Waals surface area contributed by atoms with Gasteiger partial charge in [0.15, 0.2) is 5.96 Å². The number of ether oxygens (including phenoxy) is 1. The minimum absolute atomic E-state index is 0.377. The molecular weight excluding hydrogens is 182 g/mol. The second kappa shape index (κ2) is 5.17. The van der Waals surface area contributed by atoms with Gasteiger partial charge in [-0.25, -0.2) is 0 Å². The average Bonchev–Trinajstić information content (AvgIpc) is 2.12. The Morgan fingerprint density at radius 1 is 1.64 bits per heavy atom. The van der Waals surface area contributed by atoms with E-state index in [1.807, 2.05) is 0 Å². The minimum atomic E-state index is -0.590. The third kappa shape index (κ3) is 3.51. The third-order valence-electron chi connectivity index (χ3n) is 2.44. The molecule has 1 aliphatic rings. The highest BCUT2D eigenvalue weighted by molar-refractivity contribution is 5.77. The second-order valence-corrected chi connectivity index (χ2v) is 3.70. The molecule has 1 rings (SSSR count). The number of nitrogens with two attached hydrogens (primary N) is 1. The van der Waals surface area contributed by atoms with Crippen molar-refractivity contribution in [3.8, 4) is 0 Å². The van der Waals surface area contributed by atoms with Gasteiger partial charge in [0.05, 0.1) is 18.8 Å². The van der Waals surface area contributed by atoms with Crippen LogP contribution in [0.2, 0.25) is 0 Å². The summed E-state index contributed by atoms with van der Waals surface area (Å²) < 4.78 is 4.85. The first-order valence-electron chi connectivity index (χ1n) is 4.91. The summed E-state index contributed by atoms with van der Waals surface area (Å²) in [5.41, 5.74) is 4.98. The van der Waals surface area contributed by atoms with Crippen molar-refractivity contribution >= 4 is 5.96 Å². The highest BCUT2D eigenvalue weighted by atomic mass is 16.5. The molecule has 0 bridgehead atoms. The molecule has 0 spiro atoms. The zero-order chi connectivity index (χ0) is 10.4. The van der Waals surface area contributed by atoms with Crippen LogP contribution < -0.4 is 11.1 Å². The van der Waals surface area contributed by atoms with Crippen LogP contribution in [-0.2, 0) is 4.74 Å². The van der Waals surface area contributed by atoms with Gasteiger partial charge in [0.25, 0.3) is 0 Å². The Labute approximate surface area is 84.3 Å². The largest absolute Gasteiger partial charge is 0.388 e. The molecule has 5 nitrogen and oxygen atoms in total. The van der Waals surface area contributed by atoms with E-state index in [9.17, 15) is 5.11 Å². The van der Waals surface area contributed by atoms with Crippen molar-refractivity contribution in [3.05, 3.63) is 0 Å². The SMILES string of the molecule is COCCNC(N)=NCC1(O)CCC1. The van der Waals surface area contributed by atoms with Gasteiger partial charge in [-0.05, 0) is 19.3 Å². The van der Waals surface area contributed by atoms with E-state index in [0.717, 1.165) is 19.3 Å². The van der Waals surface area contributed by atoms with Gasteiger partial charge in [-0.3, -0.25) is 4.99 Å². The number of guanidine groups is 1. The number of hydrogen-bond donors (Lipinski definition) is 3. The summed E-state index contributed by atoms with van der Waals surface area (Å²) >= 11 is 0. The van der Waals surface area contributed by atoms with Crippen LogP contribution in [0, 0.1) is 0 Å². The summed E-state index contributed by atoms with van der Waals surface area (Å²) in [6.07, 6.45) is 2.76. The molecule has 0 aromatic rings. The van der Waals surface area contributed by atoms with Gasteiger partial charge in [0.1, 0.15) is 0 Å². The molecule has 0 unspecified atom stereocenters. The van der Waals surface area contributed by atoms with E-state index in [2.05, 4.69) is 10.3 Å². The smallest absolute Gasteiger partial charge is 0.188 e. The molecule has 0 saturated heterocycles. The maximum absolute atomic E-state index is 9.72. The summed E-state index contributed by atoms with van der Waals surface area (Å²) in [6, 6.07) is 0. The fourth-order valence-corrected chi connectivity index (χ4v) is 1.31. The molecule has 4 N–H and O–H groups in total. The zero-order valence-corrected chi connectivity index (χ0v) is 8.62. The first-order valence-corrected chi connectivity index (χ1v) is 4.91. The number of rotatable bonds is 5.